The molecule has 0 fully saturated rings. The van der Waals surface area contributed by atoms with E-state index in [0.29, 0.717) is 6.54 Å². The summed E-state index contributed by atoms with van der Waals surface area (Å²) in [6, 6.07) is 1.97. The van der Waals surface area contributed by atoms with E-state index in [9.17, 15) is 0 Å². The Bertz CT molecular complexity index is 353. The third-order valence-corrected chi connectivity index (χ3v) is 3.12. The second kappa shape index (κ2) is 5.37. The Kier molecular flexibility index (Phi) is 4.42. The molecule has 15 heavy (non-hydrogen) atoms. The van der Waals surface area contributed by atoms with E-state index in [1.807, 2.05) is 13.0 Å². The second-order valence-electron chi connectivity index (χ2n) is 3.26. The lowest BCUT2D eigenvalue weighted by Gasteiger charge is -2.15. The molecule has 3 nitrogen and oxygen atoms in total. The minimum atomic E-state index is 0.584. The first kappa shape index (κ1) is 12.3. The highest BCUT2D eigenvalue weighted by Crippen LogP contribution is 2.38. The predicted octanol–water partition coefficient (Wildman–Crippen LogP) is 2.28. The van der Waals surface area contributed by atoms with Crippen LogP contribution < -0.4 is 15.2 Å². The lowest BCUT2D eigenvalue weighted by atomic mass is 10.1. The van der Waals surface area contributed by atoms with E-state index in [1.165, 1.54) is 0 Å². The molecule has 0 radical (unpaired) electrons. The van der Waals surface area contributed by atoms with Crippen molar-refractivity contribution in [2.75, 3.05) is 20.8 Å². The lowest BCUT2D eigenvalue weighted by molar-refractivity contribution is 0.394. The number of rotatable bonds is 4. The van der Waals surface area contributed by atoms with Gasteiger partial charge in [0.05, 0.1) is 18.7 Å². The lowest BCUT2D eigenvalue weighted by Crippen LogP contribution is -2.06. The second-order valence-corrected chi connectivity index (χ2v) is 4.05. The molecule has 0 unspecified atom stereocenters. The molecule has 1 rings (SSSR count). The smallest absolute Gasteiger partial charge is 0.136 e. The van der Waals surface area contributed by atoms with E-state index >= 15 is 0 Å². The molecule has 4 heteroatoms. The Morgan fingerprint density at radius 1 is 1.33 bits per heavy atom. The summed E-state index contributed by atoms with van der Waals surface area (Å²) in [5, 5.41) is 0. The maximum Gasteiger partial charge on any atom is 0.136 e. The molecule has 0 aromatic heterocycles. The summed E-state index contributed by atoms with van der Waals surface area (Å²) < 4.78 is 11.6. The topological polar surface area (TPSA) is 44.5 Å². The maximum absolute atomic E-state index is 5.57. The van der Waals surface area contributed by atoms with Crippen molar-refractivity contribution < 1.29 is 9.47 Å². The van der Waals surface area contributed by atoms with E-state index in [1.54, 1.807) is 14.2 Å². The average molecular weight is 274 g/mol. The molecule has 0 bridgehead atoms. The van der Waals surface area contributed by atoms with Crippen LogP contribution in [0.25, 0.3) is 0 Å². The van der Waals surface area contributed by atoms with E-state index in [4.69, 9.17) is 15.2 Å². The number of halogens is 1. The molecule has 0 heterocycles. The quantitative estimate of drug-likeness (QED) is 0.916. The Balaban J connectivity index is 3.32. The highest BCUT2D eigenvalue weighted by Gasteiger charge is 2.14. The van der Waals surface area contributed by atoms with Crippen molar-refractivity contribution >= 4 is 15.9 Å². The summed E-state index contributed by atoms with van der Waals surface area (Å²) in [4.78, 5) is 0. The maximum atomic E-state index is 5.57. The fourth-order valence-electron chi connectivity index (χ4n) is 1.58. The Hall–Kier alpha value is -0.740. The normalized spacial score (nSPS) is 10.2. The first-order valence-electron chi connectivity index (χ1n) is 4.75. The highest BCUT2D eigenvalue weighted by atomic mass is 79.9. The third-order valence-electron chi connectivity index (χ3n) is 2.29. The monoisotopic (exact) mass is 273 g/mol. The molecule has 0 aliphatic rings. The van der Waals surface area contributed by atoms with Crippen molar-refractivity contribution in [1.82, 2.24) is 0 Å². The summed E-state index contributed by atoms with van der Waals surface area (Å²) in [6.45, 7) is 2.57. The van der Waals surface area contributed by atoms with Gasteiger partial charge in [-0.2, -0.15) is 0 Å². The van der Waals surface area contributed by atoms with Crippen LogP contribution in [0.1, 0.15) is 11.1 Å². The largest absolute Gasteiger partial charge is 0.496 e. The van der Waals surface area contributed by atoms with Crippen LogP contribution in [0.2, 0.25) is 0 Å². The van der Waals surface area contributed by atoms with Gasteiger partial charge in [0.25, 0.3) is 0 Å². The van der Waals surface area contributed by atoms with Gasteiger partial charge in [0.2, 0.25) is 0 Å². The van der Waals surface area contributed by atoms with Crippen molar-refractivity contribution in [3.05, 3.63) is 21.7 Å². The predicted molar refractivity (Wildman–Crippen MR) is 64.7 cm³/mol. The van der Waals surface area contributed by atoms with Crippen LogP contribution in [-0.4, -0.2) is 20.8 Å². The van der Waals surface area contributed by atoms with E-state index < -0.39 is 0 Å². The number of methoxy groups -OCH3 is 2. The van der Waals surface area contributed by atoms with Crippen LogP contribution in [0.5, 0.6) is 11.5 Å². The first-order chi connectivity index (χ1) is 7.15. The number of aryl methyl sites for hydroxylation is 1. The van der Waals surface area contributed by atoms with Gasteiger partial charge >= 0.3 is 0 Å². The van der Waals surface area contributed by atoms with Gasteiger partial charge in [-0.05, 0) is 47.4 Å². The van der Waals surface area contributed by atoms with Gasteiger partial charge in [0.1, 0.15) is 11.5 Å². The van der Waals surface area contributed by atoms with E-state index in [-0.39, 0.29) is 0 Å². The van der Waals surface area contributed by atoms with Gasteiger partial charge in [-0.15, -0.1) is 0 Å². The standard InChI is InChI=1S/C11H16BrNO2/c1-7-6-9(14-2)8(4-5-13)10(12)11(7)15-3/h6H,4-5,13H2,1-3H3. The molecule has 0 amide bonds. The molecule has 1 aromatic rings. The molecular formula is C11H16BrNO2. The number of hydrogen-bond acceptors (Lipinski definition) is 3. The first-order valence-corrected chi connectivity index (χ1v) is 5.55. The number of nitrogens with two attached hydrogens (primary N) is 1. The molecule has 0 aliphatic carbocycles. The van der Waals surface area contributed by atoms with Crippen molar-refractivity contribution in [2.45, 2.75) is 13.3 Å². The number of hydrogen-bond donors (Lipinski definition) is 1. The molecule has 0 aliphatic heterocycles. The van der Waals surface area contributed by atoms with Crippen LogP contribution in [0.15, 0.2) is 10.5 Å². The minimum Gasteiger partial charge on any atom is -0.496 e. The molecule has 2 N–H and O–H groups in total. The van der Waals surface area contributed by atoms with Crippen molar-refractivity contribution in [3.8, 4) is 11.5 Å². The zero-order valence-electron chi connectivity index (χ0n) is 9.26. The van der Waals surface area contributed by atoms with E-state index in [0.717, 1.165) is 33.5 Å². The zero-order chi connectivity index (χ0) is 11.4. The number of benzene rings is 1. The Morgan fingerprint density at radius 2 is 2.00 bits per heavy atom. The molecule has 84 valence electrons. The Labute approximate surface area is 98.7 Å². The fraction of sp³-hybridized carbons (Fsp3) is 0.455. The van der Waals surface area contributed by atoms with Gasteiger partial charge in [0.15, 0.2) is 0 Å². The SMILES string of the molecule is COc1cc(C)c(OC)c(Br)c1CCN. The van der Waals surface area contributed by atoms with Crippen LogP contribution in [-0.2, 0) is 6.42 Å². The fourth-order valence-corrected chi connectivity index (χ4v) is 2.45. The van der Waals surface area contributed by atoms with Gasteiger partial charge < -0.3 is 15.2 Å². The Morgan fingerprint density at radius 3 is 2.47 bits per heavy atom. The molecular weight excluding hydrogens is 258 g/mol. The summed E-state index contributed by atoms with van der Waals surface area (Å²) in [5.74, 6) is 1.70. The van der Waals surface area contributed by atoms with E-state index in [2.05, 4.69) is 15.9 Å². The third kappa shape index (κ3) is 2.44. The van der Waals surface area contributed by atoms with Gasteiger partial charge in [-0.3, -0.25) is 0 Å². The minimum absolute atomic E-state index is 0.584. The highest BCUT2D eigenvalue weighted by molar-refractivity contribution is 9.10. The van der Waals surface area contributed by atoms with Gasteiger partial charge in [0, 0.05) is 5.56 Å². The molecule has 0 spiro atoms. The van der Waals surface area contributed by atoms with Crippen molar-refractivity contribution in [3.63, 3.8) is 0 Å². The summed E-state index contributed by atoms with van der Waals surface area (Å²) >= 11 is 3.52. The number of ether oxygens (including phenoxy) is 2. The van der Waals surface area contributed by atoms with Crippen LogP contribution in [0.4, 0.5) is 0 Å². The zero-order valence-corrected chi connectivity index (χ0v) is 10.8. The van der Waals surface area contributed by atoms with Crippen molar-refractivity contribution in [2.24, 2.45) is 5.73 Å². The average Bonchev–Trinajstić information content (AvgIpc) is 2.22. The van der Waals surface area contributed by atoms with Gasteiger partial charge in [-0.25, -0.2) is 0 Å². The molecule has 0 saturated carbocycles. The molecule has 0 atom stereocenters. The summed E-state index contributed by atoms with van der Waals surface area (Å²) in [5.41, 5.74) is 7.67. The molecule has 1 aromatic carbocycles. The summed E-state index contributed by atoms with van der Waals surface area (Å²) in [7, 11) is 3.32. The summed E-state index contributed by atoms with van der Waals surface area (Å²) in [6.07, 6.45) is 0.764. The van der Waals surface area contributed by atoms with Crippen molar-refractivity contribution in [1.29, 1.82) is 0 Å². The van der Waals surface area contributed by atoms with Crippen LogP contribution >= 0.6 is 15.9 Å². The van der Waals surface area contributed by atoms with Gasteiger partial charge in [-0.1, -0.05) is 0 Å². The van der Waals surface area contributed by atoms with Crippen LogP contribution in [0, 0.1) is 6.92 Å². The van der Waals surface area contributed by atoms with Crippen LogP contribution in [0.3, 0.4) is 0 Å². The molecule has 0 saturated heterocycles.